The smallest absolute Gasteiger partial charge is 0.182 e. The predicted molar refractivity (Wildman–Crippen MR) is 44.7 cm³/mol. The van der Waals surface area contributed by atoms with Crippen LogP contribution in [0.4, 0.5) is 0 Å². The Bertz CT molecular complexity index is 475. The minimum atomic E-state index is -0.212. The average Bonchev–Trinajstić information content (AvgIpc) is 2.45. The molecular weight excluding hydrogens is 170 g/mol. The van der Waals surface area contributed by atoms with Crippen LogP contribution in [0.3, 0.4) is 0 Å². The molecule has 0 atom stereocenters. The van der Waals surface area contributed by atoms with E-state index in [0.717, 1.165) is 0 Å². The summed E-state index contributed by atoms with van der Waals surface area (Å²) in [5.74, 6) is -0.212. The number of hydrogen-bond donors (Lipinski definition) is 1. The van der Waals surface area contributed by atoms with Gasteiger partial charge < -0.3 is 5.21 Å². The fraction of sp³-hybridized carbons (Fsp3) is 0.125. The molecule has 2 heterocycles. The second kappa shape index (κ2) is 2.55. The summed E-state index contributed by atoms with van der Waals surface area (Å²) in [6, 6.07) is 3.31. The Balaban J connectivity index is 2.85. The molecule has 5 nitrogen and oxygen atoms in total. The monoisotopic (exact) mass is 177 g/mol. The van der Waals surface area contributed by atoms with Crippen molar-refractivity contribution in [1.29, 1.82) is 0 Å². The minimum Gasteiger partial charge on any atom is -0.411 e. The van der Waals surface area contributed by atoms with Gasteiger partial charge in [-0.1, -0.05) is 4.85 Å². The lowest BCUT2D eigenvalue weighted by Gasteiger charge is -1.88. The molecule has 0 unspecified atom stereocenters. The van der Waals surface area contributed by atoms with Gasteiger partial charge in [-0.2, -0.15) is 0 Å². The van der Waals surface area contributed by atoms with Gasteiger partial charge in [0, 0.05) is 13.1 Å². The molecule has 0 bridgehead atoms. The Kier molecular flexibility index (Phi) is 1.51. The van der Waals surface area contributed by atoms with Gasteiger partial charge in [-0.25, -0.2) is 0 Å². The highest BCUT2D eigenvalue weighted by Gasteiger charge is 2.13. The molecule has 0 saturated heterocycles. The van der Waals surface area contributed by atoms with Gasteiger partial charge in [-0.05, 0) is 12.1 Å². The lowest BCUT2D eigenvalue weighted by molar-refractivity contribution is 0.0997. The highest BCUT2D eigenvalue weighted by atomic mass is 16.5. The Morgan fingerprint density at radius 1 is 1.62 bits per heavy atom. The summed E-state index contributed by atoms with van der Waals surface area (Å²) >= 11 is 0. The molecule has 0 amide bonds. The van der Waals surface area contributed by atoms with Crippen LogP contribution in [-0.4, -0.2) is 25.9 Å². The maximum Gasteiger partial charge on any atom is 0.182 e. The van der Waals surface area contributed by atoms with Crippen LogP contribution in [0.1, 0.15) is 17.4 Å². The highest BCUT2D eigenvalue weighted by molar-refractivity contribution is 6.02. The summed E-state index contributed by atoms with van der Waals surface area (Å²) in [5.41, 5.74) is 1.06. The summed E-state index contributed by atoms with van der Waals surface area (Å²) in [7, 11) is 0. The number of Topliss-reactive ketones (excluding diaryl/α,β-unsaturated/α-hetero) is 1. The standard InChI is InChI=1S/C8H7N3O2/c1-5(12)7-8-6(11(13)10-7)3-2-4-9-8/h2-4,13H,1H3. The van der Waals surface area contributed by atoms with Crippen molar-refractivity contribution in [3.63, 3.8) is 0 Å². The first-order chi connectivity index (χ1) is 6.20. The molecule has 0 fully saturated rings. The van der Waals surface area contributed by atoms with Gasteiger partial charge in [0.05, 0.1) is 0 Å². The average molecular weight is 177 g/mol. The molecule has 0 aliphatic carbocycles. The summed E-state index contributed by atoms with van der Waals surface area (Å²) in [5, 5.41) is 12.9. The maximum absolute atomic E-state index is 11.0. The van der Waals surface area contributed by atoms with Crippen molar-refractivity contribution in [2.24, 2.45) is 0 Å². The van der Waals surface area contributed by atoms with Crippen LogP contribution in [0.2, 0.25) is 0 Å². The Morgan fingerprint density at radius 3 is 3.08 bits per heavy atom. The quantitative estimate of drug-likeness (QED) is 0.518. The molecule has 2 rings (SSSR count). The number of ketones is 1. The minimum absolute atomic E-state index is 0.193. The molecule has 0 aliphatic rings. The molecule has 5 heteroatoms. The van der Waals surface area contributed by atoms with Gasteiger partial charge in [-0.15, -0.1) is 5.10 Å². The normalized spacial score (nSPS) is 10.5. The Morgan fingerprint density at radius 2 is 2.38 bits per heavy atom. The van der Waals surface area contributed by atoms with E-state index in [2.05, 4.69) is 10.1 Å². The van der Waals surface area contributed by atoms with Crippen molar-refractivity contribution in [3.05, 3.63) is 24.0 Å². The third kappa shape index (κ3) is 1.05. The van der Waals surface area contributed by atoms with Crippen molar-refractivity contribution in [3.8, 4) is 0 Å². The van der Waals surface area contributed by atoms with Gasteiger partial charge in [-0.3, -0.25) is 9.78 Å². The number of rotatable bonds is 1. The van der Waals surface area contributed by atoms with Gasteiger partial charge >= 0.3 is 0 Å². The fourth-order valence-corrected chi connectivity index (χ4v) is 1.17. The molecule has 0 aromatic carbocycles. The Hall–Kier alpha value is -1.91. The molecule has 0 radical (unpaired) electrons. The zero-order valence-corrected chi connectivity index (χ0v) is 6.93. The zero-order chi connectivity index (χ0) is 9.42. The number of hydrogen-bond acceptors (Lipinski definition) is 4. The van der Waals surface area contributed by atoms with Crippen LogP contribution in [0.5, 0.6) is 0 Å². The van der Waals surface area contributed by atoms with E-state index in [0.29, 0.717) is 15.9 Å². The van der Waals surface area contributed by atoms with Crippen LogP contribution < -0.4 is 0 Å². The molecule has 0 aliphatic heterocycles. The van der Waals surface area contributed by atoms with E-state index in [9.17, 15) is 10.0 Å². The number of aromatic nitrogens is 3. The summed E-state index contributed by atoms with van der Waals surface area (Å²) in [6.07, 6.45) is 1.55. The summed E-state index contributed by atoms with van der Waals surface area (Å²) in [6.45, 7) is 1.39. The summed E-state index contributed by atoms with van der Waals surface area (Å²) in [4.78, 5) is 15.7. The van der Waals surface area contributed by atoms with Gasteiger partial charge in [0.15, 0.2) is 11.5 Å². The Labute approximate surface area is 73.6 Å². The topological polar surface area (TPSA) is 68.0 Å². The number of fused-ring (bicyclic) bond motifs is 1. The van der Waals surface area contributed by atoms with Crippen molar-refractivity contribution in [2.75, 3.05) is 0 Å². The first-order valence-corrected chi connectivity index (χ1v) is 3.74. The van der Waals surface area contributed by atoms with E-state index in [1.54, 1.807) is 18.3 Å². The van der Waals surface area contributed by atoms with Crippen LogP contribution in [-0.2, 0) is 0 Å². The summed E-state index contributed by atoms with van der Waals surface area (Å²) < 4.78 is 0. The molecule has 13 heavy (non-hydrogen) atoms. The van der Waals surface area contributed by atoms with Crippen molar-refractivity contribution in [2.45, 2.75) is 6.92 Å². The van der Waals surface area contributed by atoms with Crippen LogP contribution >= 0.6 is 0 Å². The molecule has 0 spiro atoms. The number of pyridine rings is 1. The van der Waals surface area contributed by atoms with E-state index in [1.807, 2.05) is 0 Å². The van der Waals surface area contributed by atoms with E-state index >= 15 is 0 Å². The molecular formula is C8H7N3O2. The van der Waals surface area contributed by atoms with Crippen LogP contribution in [0.15, 0.2) is 18.3 Å². The maximum atomic E-state index is 11.0. The predicted octanol–water partition coefficient (Wildman–Crippen LogP) is 0.871. The molecule has 2 aromatic heterocycles. The van der Waals surface area contributed by atoms with E-state index in [4.69, 9.17) is 0 Å². The van der Waals surface area contributed by atoms with Gasteiger partial charge in [0.25, 0.3) is 0 Å². The number of nitrogens with zero attached hydrogens (tertiary/aromatic N) is 3. The molecule has 66 valence electrons. The van der Waals surface area contributed by atoms with Gasteiger partial charge in [0.2, 0.25) is 0 Å². The lowest BCUT2D eigenvalue weighted by Crippen LogP contribution is -1.97. The SMILES string of the molecule is CC(=O)c1nn(O)c2cccnc12. The molecule has 1 N–H and O–H groups in total. The van der Waals surface area contributed by atoms with Crippen molar-refractivity contribution >= 4 is 16.8 Å². The molecule has 2 aromatic rings. The van der Waals surface area contributed by atoms with Gasteiger partial charge in [0.1, 0.15) is 11.0 Å². The highest BCUT2D eigenvalue weighted by Crippen LogP contribution is 2.14. The van der Waals surface area contributed by atoms with Crippen LogP contribution in [0, 0.1) is 0 Å². The second-order valence-electron chi connectivity index (χ2n) is 2.67. The van der Waals surface area contributed by atoms with Crippen molar-refractivity contribution in [1.82, 2.24) is 14.9 Å². The van der Waals surface area contributed by atoms with Crippen molar-refractivity contribution < 1.29 is 10.0 Å². The number of carbonyl (C=O) groups is 1. The molecule has 0 saturated carbocycles. The third-order valence-corrected chi connectivity index (χ3v) is 1.75. The number of carbonyl (C=O) groups excluding carboxylic acids is 1. The first-order valence-electron chi connectivity index (χ1n) is 3.74. The largest absolute Gasteiger partial charge is 0.411 e. The van der Waals surface area contributed by atoms with Crippen LogP contribution in [0.25, 0.3) is 11.0 Å². The van der Waals surface area contributed by atoms with E-state index in [1.165, 1.54) is 6.92 Å². The second-order valence-corrected chi connectivity index (χ2v) is 2.67. The van der Waals surface area contributed by atoms with E-state index in [-0.39, 0.29) is 11.5 Å². The third-order valence-electron chi connectivity index (χ3n) is 1.75. The first kappa shape index (κ1) is 7.72. The lowest BCUT2D eigenvalue weighted by atomic mass is 10.2. The van der Waals surface area contributed by atoms with E-state index < -0.39 is 0 Å². The zero-order valence-electron chi connectivity index (χ0n) is 6.93. The fourth-order valence-electron chi connectivity index (χ4n) is 1.17.